The van der Waals surface area contributed by atoms with Gasteiger partial charge in [-0.1, -0.05) is 0 Å². The molecule has 1 saturated heterocycles. The molecule has 0 amide bonds. The van der Waals surface area contributed by atoms with E-state index in [1.165, 1.54) is 0 Å². The van der Waals surface area contributed by atoms with Gasteiger partial charge in [0.25, 0.3) is 0 Å². The summed E-state index contributed by atoms with van der Waals surface area (Å²) in [6.45, 7) is 1.32. The number of nitrogens with zero attached hydrogens (tertiary/aromatic N) is 1. The van der Waals surface area contributed by atoms with Crippen molar-refractivity contribution in [1.82, 2.24) is 5.32 Å². The first-order chi connectivity index (χ1) is 4.83. The molecule has 0 bridgehead atoms. The van der Waals surface area contributed by atoms with Gasteiger partial charge in [0, 0.05) is 6.61 Å². The number of nitriles is 1. The van der Waals surface area contributed by atoms with Crippen LogP contribution < -0.4 is 5.32 Å². The van der Waals surface area contributed by atoms with Crippen LogP contribution in [0.3, 0.4) is 0 Å². The van der Waals surface area contributed by atoms with E-state index in [0.29, 0.717) is 6.61 Å². The molecular weight excluding hydrogens is 128 g/mol. The van der Waals surface area contributed by atoms with Crippen LogP contribution in [0, 0.1) is 11.3 Å². The van der Waals surface area contributed by atoms with Crippen molar-refractivity contribution in [2.75, 3.05) is 20.3 Å². The molecule has 0 saturated carbocycles. The van der Waals surface area contributed by atoms with Crippen molar-refractivity contribution < 1.29 is 4.74 Å². The van der Waals surface area contributed by atoms with Gasteiger partial charge >= 0.3 is 0 Å². The molecule has 3 nitrogen and oxygen atoms in total. The minimum absolute atomic E-state index is 0.405. The molecule has 0 aromatic heterocycles. The molecule has 1 heterocycles. The Balaban J connectivity index is 2.55. The highest BCUT2D eigenvalue weighted by molar-refractivity contribution is 5.07. The van der Waals surface area contributed by atoms with Crippen LogP contribution >= 0.6 is 0 Å². The van der Waals surface area contributed by atoms with Gasteiger partial charge in [-0.2, -0.15) is 5.26 Å². The lowest BCUT2D eigenvalue weighted by atomic mass is 9.95. The Morgan fingerprint density at radius 1 is 1.70 bits per heavy atom. The third-order valence-electron chi connectivity index (χ3n) is 1.93. The van der Waals surface area contributed by atoms with Crippen molar-refractivity contribution in [2.45, 2.75) is 18.4 Å². The average molecular weight is 140 g/mol. The smallest absolute Gasteiger partial charge is 0.130 e. The second kappa shape index (κ2) is 3.00. The third-order valence-corrected chi connectivity index (χ3v) is 1.93. The molecule has 0 aromatic carbocycles. The van der Waals surface area contributed by atoms with E-state index in [2.05, 4.69) is 11.4 Å². The van der Waals surface area contributed by atoms with Crippen molar-refractivity contribution in [1.29, 1.82) is 5.26 Å². The quantitative estimate of drug-likeness (QED) is 0.569. The summed E-state index contributed by atoms with van der Waals surface area (Å²) >= 11 is 0. The lowest BCUT2D eigenvalue weighted by Crippen LogP contribution is -2.48. The van der Waals surface area contributed by atoms with Crippen LogP contribution in [-0.4, -0.2) is 25.8 Å². The second-order valence-electron chi connectivity index (χ2n) is 2.60. The maximum absolute atomic E-state index is 8.75. The second-order valence-corrected chi connectivity index (χ2v) is 2.60. The largest absolute Gasteiger partial charge is 0.378 e. The summed E-state index contributed by atoms with van der Waals surface area (Å²) in [7, 11) is 1.80. The fourth-order valence-electron chi connectivity index (χ4n) is 1.14. The number of likely N-dealkylation sites (N-methyl/N-ethyl adjacent to an activating group) is 1. The molecule has 56 valence electrons. The van der Waals surface area contributed by atoms with Crippen LogP contribution in [0.4, 0.5) is 0 Å². The highest BCUT2D eigenvalue weighted by atomic mass is 16.5. The van der Waals surface area contributed by atoms with E-state index in [1.54, 1.807) is 7.05 Å². The lowest BCUT2D eigenvalue weighted by molar-refractivity contribution is 0.0474. The number of rotatable bonds is 1. The molecule has 0 radical (unpaired) electrons. The van der Waals surface area contributed by atoms with Gasteiger partial charge in [0.05, 0.1) is 12.7 Å². The molecule has 1 N–H and O–H groups in total. The van der Waals surface area contributed by atoms with Crippen molar-refractivity contribution in [2.24, 2.45) is 0 Å². The highest BCUT2D eigenvalue weighted by Gasteiger charge is 2.30. The lowest BCUT2D eigenvalue weighted by Gasteiger charge is -2.29. The van der Waals surface area contributed by atoms with Crippen molar-refractivity contribution >= 4 is 0 Å². The van der Waals surface area contributed by atoms with Crippen LogP contribution in [0.5, 0.6) is 0 Å². The molecule has 1 rings (SSSR count). The number of hydrogen-bond acceptors (Lipinski definition) is 3. The number of nitrogens with one attached hydrogen (secondary N) is 1. The fraction of sp³-hybridized carbons (Fsp3) is 0.857. The van der Waals surface area contributed by atoms with E-state index in [9.17, 15) is 0 Å². The topological polar surface area (TPSA) is 45.0 Å². The van der Waals surface area contributed by atoms with Gasteiger partial charge in [-0.3, -0.25) is 0 Å². The van der Waals surface area contributed by atoms with Crippen LogP contribution in [0.15, 0.2) is 0 Å². The van der Waals surface area contributed by atoms with Crippen LogP contribution in [0.2, 0.25) is 0 Å². The standard InChI is InChI=1S/C7H12N2O/c1-9-7(5-8)3-2-4-10-6-7/h9H,2-4,6H2,1H3. The maximum Gasteiger partial charge on any atom is 0.130 e. The Kier molecular flexibility index (Phi) is 2.25. The molecule has 0 aromatic rings. The van der Waals surface area contributed by atoms with Crippen LogP contribution in [0.25, 0.3) is 0 Å². The normalized spacial score (nSPS) is 33.2. The Hall–Kier alpha value is -0.590. The summed E-state index contributed by atoms with van der Waals surface area (Å²) in [4.78, 5) is 0. The van der Waals surface area contributed by atoms with E-state index in [0.717, 1.165) is 19.4 Å². The predicted molar refractivity (Wildman–Crippen MR) is 37.5 cm³/mol. The van der Waals surface area contributed by atoms with Crippen molar-refractivity contribution in [3.8, 4) is 6.07 Å². The average Bonchev–Trinajstić information content (AvgIpc) is 2.06. The first-order valence-corrected chi connectivity index (χ1v) is 3.51. The van der Waals surface area contributed by atoms with E-state index in [4.69, 9.17) is 10.00 Å². The first-order valence-electron chi connectivity index (χ1n) is 3.51. The first kappa shape index (κ1) is 7.52. The summed E-state index contributed by atoms with van der Waals surface area (Å²) < 4.78 is 5.18. The molecule has 0 spiro atoms. The Bertz CT molecular complexity index is 144. The van der Waals surface area contributed by atoms with Gasteiger partial charge in [-0.05, 0) is 19.9 Å². The molecule has 3 heteroatoms. The molecule has 1 fully saturated rings. The van der Waals surface area contributed by atoms with Gasteiger partial charge in [0.1, 0.15) is 5.54 Å². The number of hydrogen-bond donors (Lipinski definition) is 1. The summed E-state index contributed by atoms with van der Waals surface area (Å²) in [6, 6.07) is 2.23. The van der Waals surface area contributed by atoms with Crippen LogP contribution in [0.1, 0.15) is 12.8 Å². The van der Waals surface area contributed by atoms with E-state index >= 15 is 0 Å². The van der Waals surface area contributed by atoms with E-state index in [-0.39, 0.29) is 0 Å². The van der Waals surface area contributed by atoms with Gasteiger partial charge in [0.2, 0.25) is 0 Å². The van der Waals surface area contributed by atoms with Gasteiger partial charge in [0.15, 0.2) is 0 Å². The fourth-order valence-corrected chi connectivity index (χ4v) is 1.14. The Labute approximate surface area is 61.0 Å². The summed E-state index contributed by atoms with van der Waals surface area (Å²) in [6.07, 6.45) is 1.88. The molecule has 0 aliphatic carbocycles. The zero-order valence-corrected chi connectivity index (χ0v) is 6.18. The maximum atomic E-state index is 8.75. The minimum Gasteiger partial charge on any atom is -0.378 e. The zero-order chi connectivity index (χ0) is 7.45. The molecule has 1 atom stereocenters. The summed E-state index contributed by atoms with van der Waals surface area (Å²) in [5, 5.41) is 11.7. The van der Waals surface area contributed by atoms with Crippen molar-refractivity contribution in [3.05, 3.63) is 0 Å². The SMILES string of the molecule is CNC1(C#N)CCCOC1. The predicted octanol–water partition coefficient (Wildman–Crippen LogP) is 0.279. The Morgan fingerprint density at radius 2 is 2.50 bits per heavy atom. The molecule has 1 aliphatic rings. The molecule has 1 unspecified atom stereocenters. The van der Waals surface area contributed by atoms with E-state index in [1.807, 2.05) is 0 Å². The van der Waals surface area contributed by atoms with Crippen molar-refractivity contribution in [3.63, 3.8) is 0 Å². The van der Waals surface area contributed by atoms with E-state index < -0.39 is 5.54 Å². The van der Waals surface area contributed by atoms with Crippen LogP contribution in [-0.2, 0) is 4.74 Å². The minimum atomic E-state index is -0.405. The molecular formula is C7H12N2O. The zero-order valence-electron chi connectivity index (χ0n) is 6.18. The molecule has 10 heavy (non-hydrogen) atoms. The van der Waals surface area contributed by atoms with Gasteiger partial charge < -0.3 is 10.1 Å². The van der Waals surface area contributed by atoms with Gasteiger partial charge in [-0.25, -0.2) is 0 Å². The molecule has 1 aliphatic heterocycles. The number of ether oxygens (including phenoxy) is 1. The third kappa shape index (κ3) is 1.28. The van der Waals surface area contributed by atoms with Gasteiger partial charge in [-0.15, -0.1) is 0 Å². The summed E-state index contributed by atoms with van der Waals surface area (Å²) in [5.74, 6) is 0. The summed E-state index contributed by atoms with van der Waals surface area (Å²) in [5.41, 5.74) is -0.405. The monoisotopic (exact) mass is 140 g/mol. The highest BCUT2D eigenvalue weighted by Crippen LogP contribution is 2.16. The Morgan fingerprint density at radius 3 is 2.80 bits per heavy atom.